The largest absolute Gasteiger partial charge is 0.410 e. The van der Waals surface area contributed by atoms with Gasteiger partial charge in [-0.2, -0.15) is 5.26 Å². The summed E-state index contributed by atoms with van der Waals surface area (Å²) < 4.78 is 0. The molecule has 66 valence electrons. The number of nitriles is 1. The lowest BCUT2D eigenvalue weighted by Crippen LogP contribution is -2.17. The zero-order valence-corrected chi connectivity index (χ0v) is 7.46. The van der Waals surface area contributed by atoms with Crippen molar-refractivity contribution in [2.45, 2.75) is 25.7 Å². The SMILES string of the molecule is N#CC1CCC(C(Cl)=NO)CC1. The number of rotatable bonds is 1. The van der Waals surface area contributed by atoms with Crippen molar-refractivity contribution in [2.24, 2.45) is 17.0 Å². The fourth-order valence-electron chi connectivity index (χ4n) is 1.54. The van der Waals surface area contributed by atoms with Gasteiger partial charge in [-0.05, 0) is 25.7 Å². The maximum absolute atomic E-state index is 8.61. The molecule has 1 saturated carbocycles. The second-order valence-electron chi connectivity index (χ2n) is 3.10. The number of hydrogen-bond acceptors (Lipinski definition) is 3. The monoisotopic (exact) mass is 186 g/mol. The topological polar surface area (TPSA) is 56.4 Å². The lowest BCUT2D eigenvalue weighted by molar-refractivity contribution is 0.308. The molecular weight excluding hydrogens is 176 g/mol. The molecule has 1 aliphatic carbocycles. The molecule has 0 unspecified atom stereocenters. The first kappa shape index (κ1) is 9.34. The van der Waals surface area contributed by atoms with Crippen molar-refractivity contribution in [1.82, 2.24) is 0 Å². The van der Waals surface area contributed by atoms with Gasteiger partial charge >= 0.3 is 0 Å². The average molecular weight is 187 g/mol. The summed E-state index contributed by atoms with van der Waals surface area (Å²) in [6.07, 6.45) is 3.46. The molecule has 0 amide bonds. The Balaban J connectivity index is 2.42. The van der Waals surface area contributed by atoms with Crippen LogP contribution in [0.2, 0.25) is 0 Å². The molecule has 1 aliphatic rings. The Hall–Kier alpha value is -0.750. The van der Waals surface area contributed by atoms with Crippen molar-refractivity contribution in [3.05, 3.63) is 0 Å². The van der Waals surface area contributed by atoms with Gasteiger partial charge < -0.3 is 5.21 Å². The van der Waals surface area contributed by atoms with Gasteiger partial charge in [0.15, 0.2) is 0 Å². The van der Waals surface area contributed by atoms with E-state index in [0.717, 1.165) is 25.7 Å². The first-order chi connectivity index (χ1) is 5.77. The lowest BCUT2D eigenvalue weighted by Gasteiger charge is -2.22. The maximum atomic E-state index is 8.61. The Kier molecular flexibility index (Phi) is 3.36. The van der Waals surface area contributed by atoms with E-state index in [2.05, 4.69) is 11.2 Å². The fourth-order valence-corrected chi connectivity index (χ4v) is 1.76. The highest BCUT2D eigenvalue weighted by Crippen LogP contribution is 2.29. The van der Waals surface area contributed by atoms with Gasteiger partial charge in [0.25, 0.3) is 0 Å². The number of hydrogen-bond donors (Lipinski definition) is 1. The maximum Gasteiger partial charge on any atom is 0.148 e. The summed E-state index contributed by atoms with van der Waals surface area (Å²) in [5, 5.41) is 20.3. The third kappa shape index (κ3) is 2.12. The summed E-state index contributed by atoms with van der Waals surface area (Å²) in [7, 11) is 0. The molecule has 0 bridgehead atoms. The van der Waals surface area contributed by atoms with Crippen molar-refractivity contribution >= 4 is 16.8 Å². The van der Waals surface area contributed by atoms with E-state index in [9.17, 15) is 0 Å². The van der Waals surface area contributed by atoms with Crippen molar-refractivity contribution in [2.75, 3.05) is 0 Å². The molecule has 0 aromatic heterocycles. The molecule has 0 saturated heterocycles. The Morgan fingerprint density at radius 2 is 2.00 bits per heavy atom. The van der Waals surface area contributed by atoms with Crippen LogP contribution in [0.25, 0.3) is 0 Å². The summed E-state index contributed by atoms with van der Waals surface area (Å²) in [5.74, 6) is 0.339. The quantitative estimate of drug-likeness (QED) is 0.388. The molecule has 1 rings (SSSR count). The lowest BCUT2D eigenvalue weighted by atomic mass is 9.83. The fraction of sp³-hybridized carbons (Fsp3) is 0.750. The normalized spacial score (nSPS) is 31.2. The van der Waals surface area contributed by atoms with Crippen LogP contribution in [0.15, 0.2) is 5.16 Å². The summed E-state index contributed by atoms with van der Waals surface area (Å²) >= 11 is 5.65. The molecule has 0 heterocycles. The second kappa shape index (κ2) is 4.32. The van der Waals surface area contributed by atoms with Gasteiger partial charge in [0.1, 0.15) is 5.17 Å². The van der Waals surface area contributed by atoms with Crippen molar-refractivity contribution in [1.29, 1.82) is 5.26 Å². The molecule has 0 spiro atoms. The predicted octanol–water partition coefficient (Wildman–Crippen LogP) is 2.34. The van der Waals surface area contributed by atoms with Crippen LogP contribution in [-0.4, -0.2) is 10.4 Å². The molecule has 12 heavy (non-hydrogen) atoms. The molecule has 0 radical (unpaired) electrons. The predicted molar refractivity (Wildman–Crippen MR) is 46.1 cm³/mol. The molecule has 4 heteroatoms. The smallest absolute Gasteiger partial charge is 0.148 e. The molecule has 0 aliphatic heterocycles. The Labute approximate surface area is 76.6 Å². The van der Waals surface area contributed by atoms with Gasteiger partial charge in [-0.25, -0.2) is 0 Å². The number of oxime groups is 1. The van der Waals surface area contributed by atoms with Crippen LogP contribution < -0.4 is 0 Å². The minimum atomic E-state index is 0.168. The molecule has 1 N–H and O–H groups in total. The Morgan fingerprint density at radius 1 is 1.42 bits per heavy atom. The van der Waals surface area contributed by atoms with Gasteiger partial charge in [0.2, 0.25) is 0 Å². The van der Waals surface area contributed by atoms with Gasteiger partial charge in [0.05, 0.1) is 6.07 Å². The Bertz CT molecular complexity index is 214. The van der Waals surface area contributed by atoms with Gasteiger partial charge in [0, 0.05) is 11.8 Å². The molecule has 0 atom stereocenters. The highest BCUT2D eigenvalue weighted by molar-refractivity contribution is 6.65. The standard InChI is InChI=1S/C8H11ClN2O/c9-8(11-12)7-3-1-6(5-10)2-4-7/h6-7,12H,1-4H2. The first-order valence-electron chi connectivity index (χ1n) is 4.05. The van der Waals surface area contributed by atoms with Gasteiger partial charge in [-0.3, -0.25) is 0 Å². The minimum absolute atomic E-state index is 0.168. The molecule has 3 nitrogen and oxygen atoms in total. The summed E-state index contributed by atoms with van der Waals surface area (Å²) in [5.41, 5.74) is 0. The zero-order chi connectivity index (χ0) is 8.97. The van der Waals surface area contributed by atoms with E-state index in [1.165, 1.54) is 0 Å². The van der Waals surface area contributed by atoms with Crippen molar-refractivity contribution in [3.8, 4) is 6.07 Å². The van der Waals surface area contributed by atoms with Crippen molar-refractivity contribution < 1.29 is 5.21 Å². The number of halogens is 1. The van der Waals surface area contributed by atoms with Crippen LogP contribution >= 0.6 is 11.6 Å². The van der Waals surface area contributed by atoms with Crippen LogP contribution in [0, 0.1) is 23.2 Å². The Morgan fingerprint density at radius 3 is 2.42 bits per heavy atom. The van der Waals surface area contributed by atoms with E-state index < -0.39 is 0 Å². The molecule has 1 fully saturated rings. The molecule has 0 aromatic carbocycles. The van der Waals surface area contributed by atoms with Crippen molar-refractivity contribution in [3.63, 3.8) is 0 Å². The van der Waals surface area contributed by atoms with E-state index >= 15 is 0 Å². The highest BCUT2D eigenvalue weighted by Gasteiger charge is 2.23. The third-order valence-electron chi connectivity index (χ3n) is 2.34. The van der Waals surface area contributed by atoms with Crippen LogP contribution in [0.5, 0.6) is 0 Å². The van der Waals surface area contributed by atoms with E-state index in [1.807, 2.05) is 0 Å². The highest BCUT2D eigenvalue weighted by atomic mass is 35.5. The van der Waals surface area contributed by atoms with Crippen LogP contribution in [0.3, 0.4) is 0 Å². The summed E-state index contributed by atoms with van der Waals surface area (Å²) in [4.78, 5) is 0. The van der Waals surface area contributed by atoms with Crippen LogP contribution in [0.4, 0.5) is 0 Å². The van der Waals surface area contributed by atoms with Gasteiger partial charge in [-0.1, -0.05) is 16.8 Å². The molecule has 0 aromatic rings. The average Bonchev–Trinajstić information content (AvgIpc) is 2.17. The zero-order valence-electron chi connectivity index (χ0n) is 6.70. The van der Waals surface area contributed by atoms with Crippen LogP contribution in [0.1, 0.15) is 25.7 Å². The van der Waals surface area contributed by atoms with Gasteiger partial charge in [-0.15, -0.1) is 0 Å². The summed E-state index contributed by atoms with van der Waals surface area (Å²) in [6.45, 7) is 0. The van der Waals surface area contributed by atoms with E-state index in [1.54, 1.807) is 0 Å². The number of nitrogens with zero attached hydrogens (tertiary/aromatic N) is 2. The minimum Gasteiger partial charge on any atom is -0.410 e. The molecular formula is C8H11ClN2O. The van der Waals surface area contributed by atoms with Crippen LogP contribution in [-0.2, 0) is 0 Å². The first-order valence-corrected chi connectivity index (χ1v) is 4.42. The van der Waals surface area contributed by atoms with E-state index in [-0.39, 0.29) is 17.0 Å². The van der Waals surface area contributed by atoms with E-state index in [4.69, 9.17) is 22.1 Å². The third-order valence-corrected chi connectivity index (χ3v) is 2.73. The summed E-state index contributed by atoms with van der Waals surface area (Å²) in [6, 6.07) is 2.24. The van der Waals surface area contributed by atoms with E-state index in [0.29, 0.717) is 0 Å². The second-order valence-corrected chi connectivity index (χ2v) is 3.49.